The molecule has 0 aliphatic carbocycles. The van der Waals surface area contributed by atoms with Crippen LogP contribution in [0, 0.1) is 0 Å². The van der Waals surface area contributed by atoms with Gasteiger partial charge < -0.3 is 24.4 Å². The van der Waals surface area contributed by atoms with Crippen molar-refractivity contribution in [2.24, 2.45) is 0 Å². The third kappa shape index (κ3) is 8.54. The van der Waals surface area contributed by atoms with Gasteiger partial charge in [-0.25, -0.2) is 4.79 Å². The molecule has 5 aromatic carbocycles. The number of ketones is 1. The van der Waals surface area contributed by atoms with Crippen LogP contribution in [-0.2, 0) is 22.5 Å². The number of benzene rings is 5. The predicted molar refractivity (Wildman–Crippen MR) is 182 cm³/mol. The van der Waals surface area contributed by atoms with E-state index in [1.54, 1.807) is 31.4 Å². The van der Waals surface area contributed by atoms with Crippen LogP contribution in [0.25, 0.3) is 0 Å². The Balaban J connectivity index is 1.22. The molecule has 0 unspecified atom stereocenters. The highest BCUT2D eigenvalue weighted by Gasteiger charge is 2.22. The molecule has 0 spiro atoms. The van der Waals surface area contributed by atoms with Crippen molar-refractivity contribution in [3.8, 4) is 11.5 Å². The van der Waals surface area contributed by atoms with Gasteiger partial charge in [0.15, 0.2) is 5.78 Å². The van der Waals surface area contributed by atoms with Crippen LogP contribution in [0.2, 0.25) is 0 Å². The minimum atomic E-state index is -0.695. The first-order valence-corrected chi connectivity index (χ1v) is 15.2. The number of carbonyl (C=O) groups excluding carboxylic acids is 2. The topological polar surface area (TPSA) is 77.1 Å². The standard InChI is InChI=1S/C39H38N2O5/c1-44-33-21-19-30(20-22-33)28-41(32-13-7-4-8-14-32)25-26-46-34-23-17-29(18-24-34)27-37(39(43)45-2)40-36-16-10-9-15-35(36)38(42)31-11-5-3-6-12-31/h3-24,37,40H,25-28H2,1-2H3/t37-/m0/s1. The number of methoxy groups -OCH3 is 2. The number of anilines is 2. The van der Waals surface area contributed by atoms with Gasteiger partial charge in [-0.2, -0.15) is 0 Å². The summed E-state index contributed by atoms with van der Waals surface area (Å²) in [6.07, 6.45) is 0.366. The van der Waals surface area contributed by atoms with Gasteiger partial charge in [-0.1, -0.05) is 84.9 Å². The molecule has 0 heterocycles. The number of hydrogen-bond acceptors (Lipinski definition) is 7. The fourth-order valence-corrected chi connectivity index (χ4v) is 5.20. The smallest absolute Gasteiger partial charge is 0.328 e. The monoisotopic (exact) mass is 614 g/mol. The molecular weight excluding hydrogens is 576 g/mol. The number of rotatable bonds is 15. The van der Waals surface area contributed by atoms with E-state index in [2.05, 4.69) is 34.5 Å². The maximum absolute atomic E-state index is 13.2. The van der Waals surface area contributed by atoms with Gasteiger partial charge in [0.2, 0.25) is 0 Å². The van der Waals surface area contributed by atoms with Gasteiger partial charge >= 0.3 is 5.97 Å². The van der Waals surface area contributed by atoms with E-state index in [-0.39, 0.29) is 5.78 Å². The minimum Gasteiger partial charge on any atom is -0.497 e. The molecular formula is C39H38N2O5. The van der Waals surface area contributed by atoms with Crippen LogP contribution in [-0.4, -0.2) is 45.2 Å². The summed E-state index contributed by atoms with van der Waals surface area (Å²) in [6, 6.07) is 41.7. The molecule has 0 aromatic heterocycles. The molecule has 234 valence electrons. The highest BCUT2D eigenvalue weighted by Crippen LogP contribution is 2.23. The fraction of sp³-hybridized carbons (Fsp3) is 0.179. The van der Waals surface area contributed by atoms with Gasteiger partial charge in [0.1, 0.15) is 24.1 Å². The molecule has 5 aromatic rings. The molecule has 0 amide bonds. The van der Waals surface area contributed by atoms with E-state index in [0.717, 1.165) is 29.3 Å². The number of esters is 1. The van der Waals surface area contributed by atoms with E-state index < -0.39 is 12.0 Å². The SMILES string of the molecule is COC(=O)[C@H](Cc1ccc(OCCN(Cc2ccc(OC)cc2)c2ccccc2)cc1)Nc1ccccc1C(=O)c1ccccc1. The second-order valence-corrected chi connectivity index (χ2v) is 10.8. The van der Waals surface area contributed by atoms with Gasteiger partial charge in [0.25, 0.3) is 0 Å². The highest BCUT2D eigenvalue weighted by atomic mass is 16.5. The van der Waals surface area contributed by atoms with Crippen LogP contribution in [0.1, 0.15) is 27.0 Å². The van der Waals surface area contributed by atoms with Crippen LogP contribution in [0.5, 0.6) is 11.5 Å². The highest BCUT2D eigenvalue weighted by molar-refractivity contribution is 6.12. The fourth-order valence-electron chi connectivity index (χ4n) is 5.20. The summed E-state index contributed by atoms with van der Waals surface area (Å²) in [5, 5.41) is 3.26. The summed E-state index contributed by atoms with van der Waals surface area (Å²) in [4.78, 5) is 28.3. The van der Waals surface area contributed by atoms with E-state index in [9.17, 15) is 9.59 Å². The Morgan fingerprint density at radius 3 is 1.98 bits per heavy atom. The van der Waals surface area contributed by atoms with Gasteiger partial charge in [-0.15, -0.1) is 0 Å². The van der Waals surface area contributed by atoms with Crippen LogP contribution < -0.4 is 19.7 Å². The summed E-state index contributed by atoms with van der Waals surface area (Å²) in [5.74, 6) is 1.03. The van der Waals surface area contributed by atoms with Gasteiger partial charge in [-0.3, -0.25) is 4.79 Å². The second kappa shape index (κ2) is 16.0. The molecule has 7 nitrogen and oxygen atoms in total. The van der Waals surface area contributed by atoms with Crippen LogP contribution in [0.15, 0.2) is 133 Å². The third-order valence-electron chi connectivity index (χ3n) is 7.67. The lowest BCUT2D eigenvalue weighted by molar-refractivity contribution is -0.141. The average molecular weight is 615 g/mol. The molecule has 1 N–H and O–H groups in total. The van der Waals surface area contributed by atoms with Crippen molar-refractivity contribution in [1.82, 2.24) is 0 Å². The van der Waals surface area contributed by atoms with E-state index >= 15 is 0 Å². The lowest BCUT2D eigenvalue weighted by Gasteiger charge is -2.25. The zero-order valence-corrected chi connectivity index (χ0v) is 26.1. The molecule has 0 saturated heterocycles. The van der Waals surface area contributed by atoms with Gasteiger partial charge in [0, 0.05) is 35.5 Å². The van der Waals surface area contributed by atoms with Crippen molar-refractivity contribution >= 4 is 23.1 Å². The number of carbonyl (C=O) groups is 2. The molecule has 0 fully saturated rings. The molecule has 0 aliphatic rings. The molecule has 0 bridgehead atoms. The normalized spacial score (nSPS) is 11.3. The van der Waals surface area contributed by atoms with Crippen LogP contribution >= 0.6 is 0 Å². The van der Waals surface area contributed by atoms with Gasteiger partial charge in [-0.05, 0) is 59.7 Å². The Bertz CT molecular complexity index is 1690. The molecule has 46 heavy (non-hydrogen) atoms. The van der Waals surface area contributed by atoms with Crippen LogP contribution in [0.4, 0.5) is 11.4 Å². The number of nitrogens with one attached hydrogen (secondary N) is 1. The van der Waals surface area contributed by atoms with Crippen molar-refractivity contribution < 1.29 is 23.8 Å². The van der Waals surface area contributed by atoms with Crippen molar-refractivity contribution in [2.45, 2.75) is 19.0 Å². The van der Waals surface area contributed by atoms with Crippen molar-refractivity contribution in [2.75, 3.05) is 37.6 Å². The number of para-hydroxylation sites is 2. The van der Waals surface area contributed by atoms with Crippen molar-refractivity contribution in [3.63, 3.8) is 0 Å². The Labute approximate surface area is 270 Å². The number of nitrogens with zero attached hydrogens (tertiary/aromatic N) is 1. The van der Waals surface area contributed by atoms with E-state index in [1.165, 1.54) is 12.7 Å². The molecule has 5 rings (SSSR count). The Kier molecular flexibility index (Phi) is 11.0. The maximum atomic E-state index is 13.2. The first-order chi connectivity index (χ1) is 22.5. The predicted octanol–water partition coefficient (Wildman–Crippen LogP) is 7.21. The van der Waals surface area contributed by atoms with Crippen LogP contribution in [0.3, 0.4) is 0 Å². The molecule has 0 radical (unpaired) electrons. The van der Waals surface area contributed by atoms with E-state index in [1.807, 2.05) is 84.9 Å². The minimum absolute atomic E-state index is 0.122. The molecule has 7 heteroatoms. The summed E-state index contributed by atoms with van der Waals surface area (Å²) in [6.45, 7) is 1.91. The summed E-state index contributed by atoms with van der Waals surface area (Å²) in [7, 11) is 3.03. The zero-order valence-electron chi connectivity index (χ0n) is 26.1. The van der Waals surface area contributed by atoms with E-state index in [4.69, 9.17) is 14.2 Å². The summed E-state index contributed by atoms with van der Waals surface area (Å²) >= 11 is 0. The lowest BCUT2D eigenvalue weighted by atomic mass is 10.00. The zero-order chi connectivity index (χ0) is 32.1. The summed E-state index contributed by atoms with van der Waals surface area (Å²) in [5.41, 5.74) is 4.86. The Hall–Kier alpha value is -5.56. The average Bonchev–Trinajstić information content (AvgIpc) is 3.12. The quantitative estimate of drug-likeness (QED) is 0.0987. The number of hydrogen-bond donors (Lipinski definition) is 1. The lowest BCUT2D eigenvalue weighted by Crippen LogP contribution is -2.33. The summed E-state index contributed by atoms with van der Waals surface area (Å²) < 4.78 is 16.5. The van der Waals surface area contributed by atoms with Crippen molar-refractivity contribution in [3.05, 3.63) is 156 Å². The third-order valence-corrected chi connectivity index (χ3v) is 7.67. The largest absolute Gasteiger partial charge is 0.497 e. The number of ether oxygens (including phenoxy) is 3. The molecule has 1 atom stereocenters. The first-order valence-electron chi connectivity index (χ1n) is 15.2. The molecule has 0 aliphatic heterocycles. The second-order valence-electron chi connectivity index (χ2n) is 10.8. The van der Waals surface area contributed by atoms with Crippen molar-refractivity contribution in [1.29, 1.82) is 0 Å². The van der Waals surface area contributed by atoms with E-state index in [0.29, 0.717) is 36.4 Å². The van der Waals surface area contributed by atoms with Gasteiger partial charge in [0.05, 0.1) is 20.8 Å². The Morgan fingerprint density at radius 2 is 1.30 bits per heavy atom. The first kappa shape index (κ1) is 31.9. The Morgan fingerprint density at radius 1 is 0.696 bits per heavy atom. The maximum Gasteiger partial charge on any atom is 0.328 e. The molecule has 0 saturated carbocycles.